The second kappa shape index (κ2) is 6.61. The van der Waals surface area contributed by atoms with Crippen molar-refractivity contribution in [2.75, 3.05) is 6.54 Å². The van der Waals surface area contributed by atoms with Crippen LogP contribution in [-0.2, 0) is 20.3 Å². The van der Waals surface area contributed by atoms with Gasteiger partial charge in [-0.05, 0) is 24.1 Å². The van der Waals surface area contributed by atoms with Crippen LogP contribution in [0, 0.1) is 0 Å². The van der Waals surface area contributed by atoms with Crippen molar-refractivity contribution in [1.82, 2.24) is 5.32 Å². The molecule has 0 heterocycles. The summed E-state index contributed by atoms with van der Waals surface area (Å²) in [6.07, 6.45) is -4.01. The van der Waals surface area contributed by atoms with Crippen molar-refractivity contribution in [3.8, 4) is 0 Å². The van der Waals surface area contributed by atoms with Crippen LogP contribution in [0.3, 0.4) is 0 Å². The van der Waals surface area contributed by atoms with Crippen molar-refractivity contribution in [2.45, 2.75) is 23.7 Å². The van der Waals surface area contributed by atoms with Crippen LogP contribution >= 0.6 is 10.7 Å². The Bertz CT molecular complexity index is 604. The molecule has 0 aromatic heterocycles. The minimum absolute atomic E-state index is 0.0632. The number of carbonyl (C=O) groups is 1. The number of benzene rings is 1. The van der Waals surface area contributed by atoms with E-state index in [1.165, 1.54) is 24.3 Å². The Morgan fingerprint density at radius 1 is 1.24 bits per heavy atom. The molecule has 0 bridgehead atoms. The Hall–Kier alpha value is -1.35. The number of carbonyl (C=O) groups excluding carboxylic acids is 1. The van der Waals surface area contributed by atoms with Gasteiger partial charge in [0.2, 0.25) is 0 Å². The van der Waals surface area contributed by atoms with E-state index in [2.05, 4.69) is 0 Å². The van der Waals surface area contributed by atoms with Crippen molar-refractivity contribution in [1.29, 1.82) is 0 Å². The summed E-state index contributed by atoms with van der Waals surface area (Å²) in [5.74, 6) is -6.80. The molecule has 1 aromatic carbocycles. The predicted octanol–water partition coefficient (Wildman–Crippen LogP) is 2.17. The molecule has 0 saturated carbocycles. The van der Waals surface area contributed by atoms with Gasteiger partial charge in [-0.2, -0.15) is 8.78 Å². The van der Waals surface area contributed by atoms with Crippen LogP contribution < -0.4 is 5.32 Å². The first kappa shape index (κ1) is 17.7. The Morgan fingerprint density at radius 2 is 1.76 bits per heavy atom. The lowest BCUT2D eigenvalue weighted by molar-refractivity contribution is -0.169. The number of amides is 1. The maximum atomic E-state index is 12.6. The predicted molar refractivity (Wildman–Crippen MR) is 67.1 cm³/mol. The summed E-state index contributed by atoms with van der Waals surface area (Å²) in [4.78, 5) is 10.7. The van der Waals surface area contributed by atoms with Crippen molar-refractivity contribution in [3.05, 3.63) is 29.8 Å². The fraction of sp³-hybridized carbons (Fsp3) is 0.364. The van der Waals surface area contributed by atoms with E-state index in [1.807, 2.05) is 0 Å². The molecule has 1 N–H and O–H groups in total. The number of hydrogen-bond acceptors (Lipinski definition) is 3. The van der Waals surface area contributed by atoms with Crippen molar-refractivity contribution >= 4 is 25.6 Å². The van der Waals surface area contributed by atoms with E-state index in [4.69, 9.17) is 10.7 Å². The van der Waals surface area contributed by atoms with Gasteiger partial charge in [0, 0.05) is 17.2 Å². The summed E-state index contributed by atoms with van der Waals surface area (Å²) in [5, 5.41) is 1.68. The number of alkyl halides is 4. The van der Waals surface area contributed by atoms with Gasteiger partial charge in [-0.3, -0.25) is 4.79 Å². The largest absolute Gasteiger partial charge is 0.383 e. The second-order valence-electron chi connectivity index (χ2n) is 4.01. The molecule has 0 unspecified atom stereocenters. The van der Waals surface area contributed by atoms with Crippen LogP contribution in [0.1, 0.15) is 5.56 Å². The molecule has 0 aliphatic heterocycles. The zero-order valence-corrected chi connectivity index (χ0v) is 11.9. The maximum absolute atomic E-state index is 12.6. The van der Waals surface area contributed by atoms with E-state index in [0.29, 0.717) is 5.56 Å². The summed E-state index contributed by atoms with van der Waals surface area (Å²) in [5.41, 5.74) is 0.514. The first-order chi connectivity index (χ1) is 9.55. The van der Waals surface area contributed by atoms with Crippen LogP contribution in [0.5, 0.6) is 0 Å². The molecule has 0 atom stereocenters. The average Bonchev–Trinajstić information content (AvgIpc) is 2.37. The third kappa shape index (κ3) is 4.85. The fourth-order valence-corrected chi connectivity index (χ4v) is 2.13. The molecule has 1 rings (SSSR count). The van der Waals surface area contributed by atoms with Crippen LogP contribution in [0.4, 0.5) is 17.6 Å². The van der Waals surface area contributed by atoms with Gasteiger partial charge in [-0.15, -0.1) is 0 Å². The number of halogens is 5. The van der Waals surface area contributed by atoms with E-state index in [9.17, 15) is 30.8 Å². The highest BCUT2D eigenvalue weighted by molar-refractivity contribution is 8.13. The summed E-state index contributed by atoms with van der Waals surface area (Å²) in [6, 6.07) is 5.14. The molecule has 0 fully saturated rings. The lowest BCUT2D eigenvalue weighted by Crippen LogP contribution is -2.45. The van der Waals surface area contributed by atoms with Crippen LogP contribution in [0.25, 0.3) is 0 Å². The van der Waals surface area contributed by atoms with Gasteiger partial charge in [0.1, 0.15) is 0 Å². The normalized spacial score (nSPS) is 12.5. The summed E-state index contributed by atoms with van der Waals surface area (Å²) in [6.45, 7) is -0.298. The lowest BCUT2D eigenvalue weighted by atomic mass is 10.1. The Morgan fingerprint density at radius 3 is 2.19 bits per heavy atom. The molecular weight excluding hydrogens is 338 g/mol. The molecule has 0 aliphatic carbocycles. The zero-order chi connectivity index (χ0) is 16.3. The number of hydrogen-bond donors (Lipinski definition) is 1. The smallest absolute Gasteiger partial charge is 0.350 e. The molecule has 21 heavy (non-hydrogen) atoms. The highest BCUT2D eigenvalue weighted by Crippen LogP contribution is 2.22. The van der Waals surface area contributed by atoms with E-state index in [0.717, 1.165) is 0 Å². The van der Waals surface area contributed by atoms with Gasteiger partial charge < -0.3 is 5.32 Å². The third-order valence-corrected chi connectivity index (χ3v) is 3.85. The quantitative estimate of drug-likeness (QED) is 0.633. The molecular formula is C11H10ClF4NO3S. The standard InChI is InChI=1S/C11H10ClF4NO3S/c12-21(19,20)8-3-1-7(2-4-8)5-6-17-10(18)11(15,16)9(13)14/h1-4,9H,5-6H2,(H,17,18). The lowest BCUT2D eigenvalue weighted by Gasteiger charge is -2.14. The van der Waals surface area contributed by atoms with Crippen molar-refractivity contribution in [2.24, 2.45) is 0 Å². The first-order valence-corrected chi connectivity index (χ1v) is 7.84. The van der Waals surface area contributed by atoms with E-state index >= 15 is 0 Å². The molecule has 1 amide bonds. The summed E-state index contributed by atoms with van der Waals surface area (Å²) in [7, 11) is 1.24. The topological polar surface area (TPSA) is 63.2 Å². The fourth-order valence-electron chi connectivity index (χ4n) is 1.36. The van der Waals surface area contributed by atoms with Gasteiger partial charge in [-0.25, -0.2) is 17.2 Å². The van der Waals surface area contributed by atoms with Crippen molar-refractivity contribution < 1.29 is 30.8 Å². The van der Waals surface area contributed by atoms with Crippen LogP contribution in [-0.4, -0.2) is 33.2 Å². The molecule has 1 aromatic rings. The summed E-state index contributed by atoms with van der Waals surface area (Å²) >= 11 is 0. The Kier molecular flexibility index (Phi) is 5.57. The molecule has 0 spiro atoms. The average molecular weight is 348 g/mol. The highest BCUT2D eigenvalue weighted by Gasteiger charge is 2.48. The zero-order valence-electron chi connectivity index (χ0n) is 10.3. The first-order valence-electron chi connectivity index (χ1n) is 5.53. The molecule has 0 saturated heterocycles. The minimum Gasteiger partial charge on any atom is -0.350 e. The van der Waals surface area contributed by atoms with Gasteiger partial charge in [0.05, 0.1) is 4.90 Å². The van der Waals surface area contributed by atoms with E-state index < -0.39 is 27.3 Å². The van der Waals surface area contributed by atoms with Crippen LogP contribution in [0.15, 0.2) is 29.2 Å². The molecule has 0 radical (unpaired) electrons. The monoisotopic (exact) mass is 347 g/mol. The Balaban J connectivity index is 2.56. The van der Waals surface area contributed by atoms with Gasteiger partial charge >= 0.3 is 12.3 Å². The summed E-state index contributed by atoms with van der Waals surface area (Å²) < 4.78 is 70.9. The SMILES string of the molecule is O=C(NCCc1ccc(S(=O)(=O)Cl)cc1)C(F)(F)C(F)F. The third-order valence-electron chi connectivity index (χ3n) is 2.48. The van der Waals surface area contributed by atoms with Crippen molar-refractivity contribution in [3.63, 3.8) is 0 Å². The minimum atomic E-state index is -4.74. The van der Waals surface area contributed by atoms with E-state index in [-0.39, 0.29) is 17.9 Å². The maximum Gasteiger partial charge on any atom is 0.383 e. The number of rotatable bonds is 6. The molecule has 10 heteroatoms. The van der Waals surface area contributed by atoms with Crippen LogP contribution in [0.2, 0.25) is 0 Å². The molecule has 4 nitrogen and oxygen atoms in total. The van der Waals surface area contributed by atoms with E-state index in [1.54, 1.807) is 5.32 Å². The molecule has 118 valence electrons. The Labute approximate surface area is 122 Å². The second-order valence-corrected chi connectivity index (χ2v) is 6.58. The van der Waals surface area contributed by atoms with Gasteiger partial charge in [0.15, 0.2) is 0 Å². The number of nitrogens with one attached hydrogen (secondary N) is 1. The highest BCUT2D eigenvalue weighted by atomic mass is 35.7. The van der Waals surface area contributed by atoms with Gasteiger partial charge in [-0.1, -0.05) is 12.1 Å². The van der Waals surface area contributed by atoms with Gasteiger partial charge in [0.25, 0.3) is 15.0 Å². The molecule has 0 aliphatic rings.